The molecule has 0 bridgehead atoms. The van der Waals surface area contributed by atoms with Crippen molar-refractivity contribution in [3.05, 3.63) is 11.9 Å². The van der Waals surface area contributed by atoms with Crippen LogP contribution >= 0.6 is 0 Å². The van der Waals surface area contributed by atoms with Crippen LogP contribution in [0.2, 0.25) is 0 Å². The van der Waals surface area contributed by atoms with Crippen LogP contribution in [0.3, 0.4) is 0 Å². The number of nitrogen functional groups attached to an aromatic ring is 1. The highest BCUT2D eigenvalue weighted by Gasteiger charge is 2.28. The number of nitrogens with zero attached hydrogens (tertiary/aromatic N) is 2. The topological polar surface area (TPSA) is 107 Å². The number of nitrogens with two attached hydrogens (primary N) is 2. The van der Waals surface area contributed by atoms with Crippen LogP contribution in [0.4, 0.5) is 11.6 Å². The molecule has 0 aromatic carbocycles. The highest BCUT2D eigenvalue weighted by Crippen LogP contribution is 2.38. The Kier molecular flexibility index (Phi) is 3.36. The van der Waals surface area contributed by atoms with Crippen molar-refractivity contribution in [1.29, 1.82) is 0 Å². The lowest BCUT2D eigenvalue weighted by molar-refractivity contribution is -0.119. The molecule has 1 aliphatic carbocycles. The predicted molar refractivity (Wildman–Crippen MR) is 69.9 cm³/mol. The summed E-state index contributed by atoms with van der Waals surface area (Å²) in [6.07, 6.45) is 2.21. The SMILES string of the molecule is CC(C)C(Nc1cc(N)nc(C2CC2)n1)C(N)=O. The van der Waals surface area contributed by atoms with E-state index in [-0.39, 0.29) is 5.92 Å². The number of rotatable bonds is 5. The van der Waals surface area contributed by atoms with Crippen molar-refractivity contribution >= 4 is 17.5 Å². The monoisotopic (exact) mass is 249 g/mol. The predicted octanol–water partition coefficient (Wildman–Crippen LogP) is 0.858. The van der Waals surface area contributed by atoms with Crippen molar-refractivity contribution in [3.8, 4) is 0 Å². The minimum absolute atomic E-state index is 0.0862. The van der Waals surface area contributed by atoms with Crippen LogP contribution < -0.4 is 16.8 Å². The van der Waals surface area contributed by atoms with E-state index in [9.17, 15) is 4.79 Å². The van der Waals surface area contributed by atoms with Gasteiger partial charge in [0.05, 0.1) is 0 Å². The minimum atomic E-state index is -0.452. The third-order valence-electron chi connectivity index (χ3n) is 2.98. The summed E-state index contributed by atoms with van der Waals surface area (Å²) in [6.45, 7) is 3.85. The number of aromatic nitrogens is 2. The number of hydrogen-bond donors (Lipinski definition) is 3. The summed E-state index contributed by atoms with van der Waals surface area (Å²) < 4.78 is 0. The van der Waals surface area contributed by atoms with Crippen molar-refractivity contribution in [3.63, 3.8) is 0 Å². The maximum absolute atomic E-state index is 11.3. The first-order valence-corrected chi connectivity index (χ1v) is 6.17. The van der Waals surface area contributed by atoms with E-state index in [1.807, 2.05) is 13.8 Å². The van der Waals surface area contributed by atoms with E-state index in [1.54, 1.807) is 6.07 Å². The summed E-state index contributed by atoms with van der Waals surface area (Å²) in [6, 6.07) is 1.18. The zero-order valence-electron chi connectivity index (χ0n) is 10.7. The van der Waals surface area contributed by atoms with Gasteiger partial charge in [-0.2, -0.15) is 0 Å². The fraction of sp³-hybridized carbons (Fsp3) is 0.583. The highest BCUT2D eigenvalue weighted by atomic mass is 16.1. The van der Waals surface area contributed by atoms with E-state index in [4.69, 9.17) is 11.5 Å². The van der Waals surface area contributed by atoms with Gasteiger partial charge in [-0.05, 0) is 18.8 Å². The number of carbonyl (C=O) groups is 1. The summed E-state index contributed by atoms with van der Waals surface area (Å²) >= 11 is 0. The number of carbonyl (C=O) groups excluding carboxylic acids is 1. The molecule has 0 saturated heterocycles. The summed E-state index contributed by atoms with van der Waals surface area (Å²) in [5, 5.41) is 3.04. The lowest BCUT2D eigenvalue weighted by atomic mass is 10.0. The number of hydrogen-bond acceptors (Lipinski definition) is 5. The first-order chi connectivity index (χ1) is 8.47. The molecule has 1 atom stereocenters. The molecule has 1 unspecified atom stereocenters. The Morgan fingerprint density at radius 2 is 2.11 bits per heavy atom. The second-order valence-electron chi connectivity index (χ2n) is 5.08. The average molecular weight is 249 g/mol. The minimum Gasteiger partial charge on any atom is -0.384 e. The Hall–Kier alpha value is -1.85. The summed E-state index contributed by atoms with van der Waals surface area (Å²) in [5.74, 6) is 1.85. The molecule has 5 N–H and O–H groups in total. The maximum atomic E-state index is 11.3. The fourth-order valence-corrected chi connectivity index (χ4v) is 1.81. The Morgan fingerprint density at radius 1 is 1.44 bits per heavy atom. The number of anilines is 2. The van der Waals surface area contributed by atoms with E-state index >= 15 is 0 Å². The standard InChI is InChI=1S/C12H19N5O/c1-6(2)10(11(14)18)16-9-5-8(13)15-12(17-9)7-3-4-7/h5-7,10H,3-4H2,1-2H3,(H2,14,18)(H3,13,15,16,17). The van der Waals surface area contributed by atoms with Crippen LogP contribution in [0, 0.1) is 5.92 Å². The van der Waals surface area contributed by atoms with E-state index < -0.39 is 11.9 Å². The molecule has 0 aliphatic heterocycles. The molecule has 1 aromatic heterocycles. The Bertz CT molecular complexity index is 456. The quantitative estimate of drug-likeness (QED) is 0.717. The molecule has 0 spiro atoms. The van der Waals surface area contributed by atoms with Crippen LogP contribution in [0.5, 0.6) is 0 Å². The van der Waals surface area contributed by atoms with Crippen molar-refractivity contribution in [2.75, 3.05) is 11.1 Å². The Labute approximate surface area is 106 Å². The van der Waals surface area contributed by atoms with Gasteiger partial charge in [-0.3, -0.25) is 4.79 Å². The molecule has 1 heterocycles. The first kappa shape index (κ1) is 12.6. The van der Waals surface area contributed by atoms with Gasteiger partial charge in [0.1, 0.15) is 23.5 Å². The second-order valence-corrected chi connectivity index (χ2v) is 5.08. The third kappa shape index (κ3) is 2.88. The first-order valence-electron chi connectivity index (χ1n) is 6.17. The van der Waals surface area contributed by atoms with Gasteiger partial charge in [-0.15, -0.1) is 0 Å². The van der Waals surface area contributed by atoms with Crippen molar-refractivity contribution in [2.45, 2.75) is 38.6 Å². The molecule has 1 aliphatic rings. The van der Waals surface area contributed by atoms with Gasteiger partial charge in [0.2, 0.25) is 5.91 Å². The third-order valence-corrected chi connectivity index (χ3v) is 2.98. The average Bonchev–Trinajstić information content (AvgIpc) is 3.07. The molecule has 6 heteroatoms. The van der Waals surface area contributed by atoms with Crippen LogP contribution in [-0.4, -0.2) is 21.9 Å². The smallest absolute Gasteiger partial charge is 0.240 e. The van der Waals surface area contributed by atoms with Gasteiger partial charge in [-0.1, -0.05) is 13.8 Å². The van der Waals surface area contributed by atoms with Crippen molar-refractivity contribution < 1.29 is 4.79 Å². The molecule has 1 aromatic rings. The van der Waals surface area contributed by atoms with Crippen LogP contribution in [0.1, 0.15) is 38.4 Å². The second kappa shape index (κ2) is 4.80. The van der Waals surface area contributed by atoms with E-state index in [0.29, 0.717) is 17.6 Å². The summed E-state index contributed by atoms with van der Waals surface area (Å²) in [7, 11) is 0. The van der Waals surface area contributed by atoms with Crippen molar-refractivity contribution in [2.24, 2.45) is 11.7 Å². The molecule has 6 nitrogen and oxygen atoms in total. The zero-order valence-corrected chi connectivity index (χ0v) is 10.7. The van der Waals surface area contributed by atoms with E-state index in [0.717, 1.165) is 18.7 Å². The van der Waals surface area contributed by atoms with E-state index in [2.05, 4.69) is 15.3 Å². The highest BCUT2D eigenvalue weighted by molar-refractivity contribution is 5.83. The molecular formula is C12H19N5O. The van der Waals surface area contributed by atoms with Crippen molar-refractivity contribution in [1.82, 2.24) is 9.97 Å². The van der Waals surface area contributed by atoms with Crippen LogP contribution in [0.25, 0.3) is 0 Å². The normalized spacial score (nSPS) is 16.6. The Balaban J connectivity index is 2.19. The lowest BCUT2D eigenvalue weighted by Crippen LogP contribution is -2.39. The zero-order chi connectivity index (χ0) is 13.3. The van der Waals surface area contributed by atoms with Gasteiger partial charge >= 0.3 is 0 Å². The summed E-state index contributed by atoms with van der Waals surface area (Å²) in [5.41, 5.74) is 11.1. The molecule has 2 rings (SSSR count). The number of amides is 1. The van der Waals surface area contributed by atoms with E-state index in [1.165, 1.54) is 0 Å². The fourth-order valence-electron chi connectivity index (χ4n) is 1.81. The molecule has 1 fully saturated rings. The van der Waals surface area contributed by atoms with Gasteiger partial charge in [-0.25, -0.2) is 9.97 Å². The Morgan fingerprint density at radius 3 is 2.61 bits per heavy atom. The van der Waals surface area contributed by atoms with Gasteiger partial charge in [0, 0.05) is 12.0 Å². The number of primary amides is 1. The molecule has 0 radical (unpaired) electrons. The van der Waals surface area contributed by atoms with Crippen LogP contribution in [-0.2, 0) is 4.79 Å². The lowest BCUT2D eigenvalue weighted by Gasteiger charge is -2.19. The molecular weight excluding hydrogens is 230 g/mol. The molecule has 1 amide bonds. The molecule has 18 heavy (non-hydrogen) atoms. The van der Waals surface area contributed by atoms with Gasteiger partial charge in [0.15, 0.2) is 0 Å². The maximum Gasteiger partial charge on any atom is 0.240 e. The van der Waals surface area contributed by atoms with Crippen LogP contribution in [0.15, 0.2) is 6.07 Å². The number of nitrogens with one attached hydrogen (secondary N) is 1. The largest absolute Gasteiger partial charge is 0.384 e. The van der Waals surface area contributed by atoms with Gasteiger partial charge in [0.25, 0.3) is 0 Å². The summed E-state index contributed by atoms with van der Waals surface area (Å²) in [4.78, 5) is 19.9. The molecule has 1 saturated carbocycles. The van der Waals surface area contributed by atoms with Gasteiger partial charge < -0.3 is 16.8 Å². The molecule has 98 valence electrons.